The Balaban J connectivity index is 0.00000225. The molecule has 2 aromatic rings. The first-order valence-corrected chi connectivity index (χ1v) is 9.95. The summed E-state index contributed by atoms with van der Waals surface area (Å²) in [6.45, 7) is 1.75. The summed E-state index contributed by atoms with van der Waals surface area (Å²) in [6.07, 6.45) is 0. The summed E-state index contributed by atoms with van der Waals surface area (Å²) in [6, 6.07) is 8.97. The van der Waals surface area contributed by atoms with Gasteiger partial charge in [0, 0.05) is 19.6 Å². The first kappa shape index (κ1) is 20.2. The van der Waals surface area contributed by atoms with Crippen molar-refractivity contribution in [1.29, 1.82) is 0 Å². The van der Waals surface area contributed by atoms with Gasteiger partial charge in [-0.15, -0.1) is 23.7 Å². The van der Waals surface area contributed by atoms with E-state index >= 15 is 0 Å². The van der Waals surface area contributed by atoms with Crippen LogP contribution in [0.3, 0.4) is 0 Å². The van der Waals surface area contributed by atoms with Crippen molar-refractivity contribution < 1.29 is 13.2 Å². The molecule has 25 heavy (non-hydrogen) atoms. The highest BCUT2D eigenvalue weighted by atomic mass is 35.5. The molecule has 136 valence electrons. The van der Waals surface area contributed by atoms with Crippen LogP contribution in [0.25, 0.3) is 0 Å². The number of fused-ring (bicyclic) bond motifs is 1. The summed E-state index contributed by atoms with van der Waals surface area (Å²) in [4.78, 5) is 11.9. The van der Waals surface area contributed by atoms with Crippen molar-refractivity contribution in [3.63, 3.8) is 0 Å². The Hall–Kier alpha value is -1.16. The smallest absolute Gasteiger partial charge is 0.250 e. The van der Waals surface area contributed by atoms with Crippen LogP contribution in [0.5, 0.6) is 0 Å². The fourth-order valence-electron chi connectivity index (χ4n) is 2.40. The maximum atomic E-state index is 12.0. The number of carbonyl (C=O) groups excluding carboxylic acids is 1. The molecule has 6 nitrogen and oxygen atoms in total. The van der Waals surface area contributed by atoms with Crippen LogP contribution in [-0.4, -0.2) is 20.9 Å². The van der Waals surface area contributed by atoms with Gasteiger partial charge in [0.15, 0.2) is 0 Å². The maximum Gasteiger partial charge on any atom is 0.250 e. The number of thiophene rings is 1. The van der Waals surface area contributed by atoms with Crippen LogP contribution in [0.15, 0.2) is 34.5 Å². The number of halogens is 2. The molecule has 2 heterocycles. The monoisotopic (exact) mass is 421 g/mol. The summed E-state index contributed by atoms with van der Waals surface area (Å²) in [5.41, 5.74) is 3.49. The summed E-state index contributed by atoms with van der Waals surface area (Å²) >= 11 is 6.67. The Morgan fingerprint density at radius 3 is 2.68 bits per heavy atom. The zero-order valence-electron chi connectivity index (χ0n) is 13.0. The normalized spacial score (nSPS) is 13.2. The second-order valence-corrected chi connectivity index (χ2v) is 9.08. The number of nitrogens with one attached hydrogen (secondary N) is 3. The summed E-state index contributed by atoms with van der Waals surface area (Å²) < 4.78 is 26.7. The van der Waals surface area contributed by atoms with Crippen molar-refractivity contribution in [2.75, 3.05) is 6.54 Å². The molecule has 0 atom stereocenters. The predicted molar refractivity (Wildman–Crippen MR) is 101 cm³/mol. The lowest BCUT2D eigenvalue weighted by molar-refractivity contribution is -0.120. The van der Waals surface area contributed by atoms with Crippen molar-refractivity contribution in [2.24, 2.45) is 0 Å². The molecule has 0 spiro atoms. The van der Waals surface area contributed by atoms with Gasteiger partial charge in [0.1, 0.15) is 4.21 Å². The number of sulfonamides is 1. The molecule has 0 radical (unpaired) electrons. The standard InChI is InChI=1S/C15H16ClN3O3S2.ClH/c16-13-3-4-15(23-13)24(21,22)19-9-14(20)18-6-10-1-2-11-7-17-8-12(11)5-10;/h1-5,17,19H,6-9H2,(H,18,20);1H. The number of carbonyl (C=O) groups is 1. The predicted octanol–water partition coefficient (Wildman–Crippen LogP) is 2.02. The van der Waals surface area contributed by atoms with Crippen molar-refractivity contribution >= 4 is 51.3 Å². The Morgan fingerprint density at radius 1 is 1.20 bits per heavy atom. The third-order valence-corrected chi connectivity index (χ3v) is 6.75. The Kier molecular flexibility index (Phi) is 6.84. The van der Waals surface area contributed by atoms with Gasteiger partial charge >= 0.3 is 0 Å². The van der Waals surface area contributed by atoms with Crippen LogP contribution in [0.2, 0.25) is 4.34 Å². The molecule has 1 aliphatic rings. The minimum absolute atomic E-state index is 0. The lowest BCUT2D eigenvalue weighted by atomic mass is 10.1. The lowest BCUT2D eigenvalue weighted by Crippen LogP contribution is -2.36. The van der Waals surface area contributed by atoms with E-state index in [9.17, 15) is 13.2 Å². The first-order chi connectivity index (χ1) is 11.4. The van der Waals surface area contributed by atoms with E-state index in [1.807, 2.05) is 18.2 Å². The second-order valence-electron chi connectivity index (χ2n) is 5.37. The number of hydrogen-bond acceptors (Lipinski definition) is 5. The number of amides is 1. The van der Waals surface area contributed by atoms with Crippen LogP contribution in [0.1, 0.15) is 16.7 Å². The minimum Gasteiger partial charge on any atom is -0.351 e. The molecule has 1 aromatic heterocycles. The van der Waals surface area contributed by atoms with Gasteiger partial charge in [-0.3, -0.25) is 4.79 Å². The molecule has 10 heteroatoms. The Bertz CT molecular complexity index is 869. The molecule has 1 aliphatic heterocycles. The third kappa shape index (κ3) is 5.16. The van der Waals surface area contributed by atoms with E-state index < -0.39 is 10.0 Å². The van der Waals surface area contributed by atoms with Gasteiger partial charge in [-0.25, -0.2) is 13.1 Å². The molecule has 0 unspecified atom stereocenters. The van der Waals surface area contributed by atoms with Crippen LogP contribution < -0.4 is 15.4 Å². The van der Waals surface area contributed by atoms with Crippen LogP contribution in [0.4, 0.5) is 0 Å². The van der Waals surface area contributed by atoms with Crippen molar-refractivity contribution in [1.82, 2.24) is 15.4 Å². The summed E-state index contributed by atoms with van der Waals surface area (Å²) in [5, 5.41) is 5.97. The fraction of sp³-hybridized carbons (Fsp3) is 0.267. The molecule has 3 N–H and O–H groups in total. The average molecular weight is 422 g/mol. The molecule has 0 aliphatic carbocycles. The molecule has 0 bridgehead atoms. The summed E-state index contributed by atoms with van der Waals surface area (Å²) in [5.74, 6) is -0.389. The van der Waals surface area contributed by atoms with Gasteiger partial charge in [0.25, 0.3) is 10.0 Å². The van der Waals surface area contributed by atoms with E-state index in [0.29, 0.717) is 10.9 Å². The van der Waals surface area contributed by atoms with Gasteiger partial charge in [-0.05, 0) is 28.8 Å². The molecule has 1 aromatic carbocycles. The van der Waals surface area contributed by atoms with Crippen molar-refractivity contribution in [3.8, 4) is 0 Å². The van der Waals surface area contributed by atoms with E-state index in [1.54, 1.807) is 0 Å². The van der Waals surface area contributed by atoms with E-state index in [-0.39, 0.29) is 29.1 Å². The maximum absolute atomic E-state index is 12.0. The third-order valence-electron chi connectivity index (χ3n) is 3.63. The van der Waals surface area contributed by atoms with E-state index in [2.05, 4.69) is 15.4 Å². The molecule has 1 amide bonds. The highest BCUT2D eigenvalue weighted by Gasteiger charge is 2.17. The summed E-state index contributed by atoms with van der Waals surface area (Å²) in [7, 11) is -3.71. The van der Waals surface area contributed by atoms with Crippen molar-refractivity contribution in [2.45, 2.75) is 23.8 Å². The quantitative estimate of drug-likeness (QED) is 0.665. The van der Waals surface area contributed by atoms with Gasteiger partial charge in [0.2, 0.25) is 5.91 Å². The van der Waals surface area contributed by atoms with Gasteiger partial charge in [0.05, 0.1) is 10.9 Å². The zero-order valence-corrected chi connectivity index (χ0v) is 16.2. The molecular weight excluding hydrogens is 405 g/mol. The molecule has 0 saturated carbocycles. The van der Waals surface area contributed by atoms with Crippen LogP contribution in [-0.2, 0) is 34.5 Å². The van der Waals surface area contributed by atoms with Gasteiger partial charge in [-0.1, -0.05) is 29.8 Å². The SMILES string of the molecule is Cl.O=C(CNS(=O)(=O)c1ccc(Cl)s1)NCc1ccc2c(c1)CNC2. The molecular formula is C15H17Cl2N3O3S2. The fourth-order valence-corrected chi connectivity index (χ4v) is 4.90. The number of hydrogen-bond donors (Lipinski definition) is 3. The van der Waals surface area contributed by atoms with Crippen LogP contribution in [0, 0.1) is 0 Å². The Morgan fingerprint density at radius 2 is 1.96 bits per heavy atom. The first-order valence-electron chi connectivity index (χ1n) is 7.27. The van der Waals surface area contributed by atoms with Gasteiger partial charge in [-0.2, -0.15) is 0 Å². The van der Waals surface area contributed by atoms with E-state index in [1.165, 1.54) is 23.3 Å². The zero-order chi connectivity index (χ0) is 17.2. The number of rotatable bonds is 6. The lowest BCUT2D eigenvalue weighted by Gasteiger charge is -2.08. The number of benzene rings is 1. The van der Waals surface area contributed by atoms with Crippen LogP contribution >= 0.6 is 35.3 Å². The molecule has 0 fully saturated rings. The van der Waals surface area contributed by atoms with Crippen molar-refractivity contribution in [3.05, 3.63) is 51.4 Å². The minimum atomic E-state index is -3.71. The van der Waals surface area contributed by atoms with E-state index in [4.69, 9.17) is 11.6 Å². The molecule has 3 rings (SSSR count). The van der Waals surface area contributed by atoms with E-state index in [0.717, 1.165) is 30.0 Å². The second kappa shape index (κ2) is 8.48. The van der Waals surface area contributed by atoms with Gasteiger partial charge < -0.3 is 10.6 Å². The average Bonchev–Trinajstić information content (AvgIpc) is 3.19. The molecule has 0 saturated heterocycles. The highest BCUT2D eigenvalue weighted by molar-refractivity contribution is 7.91. The highest BCUT2D eigenvalue weighted by Crippen LogP contribution is 2.25. The largest absolute Gasteiger partial charge is 0.351 e. The Labute approximate surface area is 161 Å². The topological polar surface area (TPSA) is 87.3 Å².